The largest absolute Gasteiger partial charge is 0.493 e. The third-order valence-electron chi connectivity index (χ3n) is 4.26. The molecule has 0 unspecified atom stereocenters. The number of pyridine rings is 1. The fourth-order valence-electron chi connectivity index (χ4n) is 2.78. The predicted octanol–water partition coefficient (Wildman–Crippen LogP) is 4.41. The van der Waals surface area contributed by atoms with Gasteiger partial charge in [-0.25, -0.2) is 0 Å². The first-order valence-corrected chi connectivity index (χ1v) is 8.95. The van der Waals surface area contributed by atoms with E-state index in [9.17, 15) is 4.79 Å². The smallest absolute Gasteiger partial charge is 0.274 e. The number of methoxy groups -OCH3 is 3. The number of aromatic nitrogens is 1. The minimum absolute atomic E-state index is 0.289. The van der Waals surface area contributed by atoms with E-state index in [2.05, 4.69) is 15.6 Å². The number of benzene rings is 2. The topological polar surface area (TPSA) is 81.7 Å². The van der Waals surface area contributed by atoms with Gasteiger partial charge in [0.15, 0.2) is 11.5 Å². The molecule has 2 N–H and O–H groups in total. The number of carbonyl (C=O) groups is 1. The molecule has 0 aliphatic rings. The maximum Gasteiger partial charge on any atom is 0.274 e. The van der Waals surface area contributed by atoms with E-state index in [-0.39, 0.29) is 5.91 Å². The highest BCUT2D eigenvalue weighted by Crippen LogP contribution is 2.40. The average molecular weight is 393 g/mol. The second-order valence-corrected chi connectivity index (χ2v) is 6.29. The molecule has 1 amide bonds. The molecule has 0 bridgehead atoms. The Bertz CT molecular complexity index is 978. The minimum atomic E-state index is -0.289. The summed E-state index contributed by atoms with van der Waals surface area (Å²) in [6, 6.07) is 14.6. The Morgan fingerprint density at radius 3 is 2.07 bits per heavy atom. The van der Waals surface area contributed by atoms with Gasteiger partial charge in [0, 0.05) is 35.4 Å². The molecule has 7 heteroatoms. The Morgan fingerprint density at radius 1 is 0.828 bits per heavy atom. The van der Waals surface area contributed by atoms with Crippen LogP contribution in [0.2, 0.25) is 0 Å². The molecule has 0 saturated heterocycles. The van der Waals surface area contributed by atoms with Crippen molar-refractivity contribution in [1.29, 1.82) is 0 Å². The van der Waals surface area contributed by atoms with Crippen LogP contribution in [0.3, 0.4) is 0 Å². The lowest BCUT2D eigenvalue weighted by Crippen LogP contribution is -2.13. The van der Waals surface area contributed by atoms with Gasteiger partial charge < -0.3 is 24.8 Å². The second kappa shape index (κ2) is 8.97. The Morgan fingerprint density at radius 2 is 1.48 bits per heavy atom. The molecule has 0 aliphatic carbocycles. The highest BCUT2D eigenvalue weighted by Gasteiger charge is 2.14. The molecule has 0 radical (unpaired) electrons. The summed E-state index contributed by atoms with van der Waals surface area (Å²) in [6.07, 6.45) is 1.57. The number of anilines is 3. The standard InChI is InChI=1S/C22H23N3O4/c1-14-5-7-15(8-6-14)25-22(26)18-11-16(9-10-23-18)24-17-12-19(27-2)21(29-4)20(13-17)28-3/h5-13H,1-4H3,(H,23,24)(H,25,26). The highest BCUT2D eigenvalue weighted by atomic mass is 16.5. The molecule has 0 saturated carbocycles. The van der Waals surface area contributed by atoms with Gasteiger partial charge in [0.25, 0.3) is 5.91 Å². The fraction of sp³-hybridized carbons (Fsp3) is 0.182. The Kier molecular flexibility index (Phi) is 6.19. The summed E-state index contributed by atoms with van der Waals surface area (Å²) in [4.78, 5) is 16.7. The molecule has 7 nitrogen and oxygen atoms in total. The molecule has 3 rings (SSSR count). The Hall–Kier alpha value is -3.74. The Labute approximate surface area is 169 Å². The van der Waals surface area contributed by atoms with Crippen molar-refractivity contribution in [2.75, 3.05) is 32.0 Å². The lowest BCUT2D eigenvalue weighted by molar-refractivity contribution is 0.102. The van der Waals surface area contributed by atoms with Crippen LogP contribution in [-0.4, -0.2) is 32.2 Å². The first kappa shape index (κ1) is 20.0. The van der Waals surface area contributed by atoms with Gasteiger partial charge in [-0.1, -0.05) is 17.7 Å². The van der Waals surface area contributed by atoms with Crippen LogP contribution in [0.5, 0.6) is 17.2 Å². The first-order chi connectivity index (χ1) is 14.0. The third-order valence-corrected chi connectivity index (χ3v) is 4.26. The van der Waals surface area contributed by atoms with Crippen molar-refractivity contribution in [2.24, 2.45) is 0 Å². The number of hydrogen-bond acceptors (Lipinski definition) is 6. The van der Waals surface area contributed by atoms with Crippen molar-refractivity contribution in [1.82, 2.24) is 4.98 Å². The van der Waals surface area contributed by atoms with Crippen LogP contribution in [-0.2, 0) is 0 Å². The van der Waals surface area contributed by atoms with E-state index in [1.54, 1.807) is 51.8 Å². The van der Waals surface area contributed by atoms with Crippen LogP contribution < -0.4 is 24.8 Å². The number of nitrogens with zero attached hydrogens (tertiary/aromatic N) is 1. The zero-order chi connectivity index (χ0) is 20.8. The van der Waals surface area contributed by atoms with Crippen LogP contribution in [0.15, 0.2) is 54.7 Å². The van der Waals surface area contributed by atoms with Crippen molar-refractivity contribution in [3.8, 4) is 17.2 Å². The number of carbonyl (C=O) groups excluding carboxylic acids is 1. The van der Waals surface area contributed by atoms with Gasteiger partial charge in [0.1, 0.15) is 5.69 Å². The number of aryl methyl sites for hydroxylation is 1. The number of hydrogen-bond donors (Lipinski definition) is 2. The number of ether oxygens (including phenoxy) is 3. The molecule has 0 aliphatic heterocycles. The summed E-state index contributed by atoms with van der Waals surface area (Å²) in [6.45, 7) is 1.99. The van der Waals surface area contributed by atoms with Crippen LogP contribution in [0, 0.1) is 6.92 Å². The second-order valence-electron chi connectivity index (χ2n) is 6.29. The van der Waals surface area contributed by atoms with Crippen LogP contribution in [0.1, 0.15) is 16.1 Å². The van der Waals surface area contributed by atoms with Gasteiger partial charge in [0.05, 0.1) is 21.3 Å². The summed E-state index contributed by atoms with van der Waals surface area (Å²) < 4.78 is 16.1. The van der Waals surface area contributed by atoms with Crippen molar-refractivity contribution in [2.45, 2.75) is 6.92 Å². The molecule has 0 atom stereocenters. The fourth-order valence-corrected chi connectivity index (χ4v) is 2.78. The highest BCUT2D eigenvalue weighted by molar-refractivity contribution is 6.03. The number of nitrogens with one attached hydrogen (secondary N) is 2. The molecule has 2 aromatic carbocycles. The van der Waals surface area contributed by atoms with Gasteiger partial charge in [-0.3, -0.25) is 9.78 Å². The van der Waals surface area contributed by atoms with Crippen molar-refractivity contribution in [3.63, 3.8) is 0 Å². The van der Waals surface area contributed by atoms with E-state index in [0.717, 1.165) is 11.3 Å². The predicted molar refractivity (Wildman–Crippen MR) is 113 cm³/mol. The summed E-state index contributed by atoms with van der Waals surface area (Å²) >= 11 is 0. The summed E-state index contributed by atoms with van der Waals surface area (Å²) in [5.74, 6) is 1.28. The summed E-state index contributed by atoms with van der Waals surface area (Å²) in [5.41, 5.74) is 3.55. The molecule has 1 aromatic heterocycles. The molecule has 0 spiro atoms. The average Bonchev–Trinajstić information content (AvgIpc) is 2.74. The lowest BCUT2D eigenvalue weighted by atomic mass is 10.2. The molecule has 1 heterocycles. The Balaban J connectivity index is 1.81. The number of amides is 1. The SMILES string of the molecule is COc1cc(Nc2ccnc(C(=O)Nc3ccc(C)cc3)c2)cc(OC)c1OC. The van der Waals surface area contributed by atoms with Gasteiger partial charge in [-0.2, -0.15) is 0 Å². The lowest BCUT2D eigenvalue weighted by Gasteiger charge is -2.15. The summed E-state index contributed by atoms with van der Waals surface area (Å²) in [5, 5.41) is 6.08. The van der Waals surface area contributed by atoms with E-state index in [4.69, 9.17) is 14.2 Å². The number of rotatable bonds is 7. The molecular formula is C22H23N3O4. The van der Waals surface area contributed by atoms with E-state index < -0.39 is 0 Å². The van der Waals surface area contributed by atoms with E-state index >= 15 is 0 Å². The van der Waals surface area contributed by atoms with Gasteiger partial charge in [-0.15, -0.1) is 0 Å². The maximum atomic E-state index is 12.5. The van der Waals surface area contributed by atoms with E-state index in [1.807, 2.05) is 31.2 Å². The molecule has 0 fully saturated rings. The molecule has 29 heavy (non-hydrogen) atoms. The molecule has 3 aromatic rings. The molecular weight excluding hydrogens is 370 g/mol. The van der Waals surface area contributed by atoms with Gasteiger partial charge >= 0.3 is 0 Å². The zero-order valence-corrected chi connectivity index (χ0v) is 16.8. The van der Waals surface area contributed by atoms with Crippen molar-refractivity contribution < 1.29 is 19.0 Å². The van der Waals surface area contributed by atoms with Gasteiger partial charge in [0.2, 0.25) is 5.75 Å². The van der Waals surface area contributed by atoms with Crippen molar-refractivity contribution in [3.05, 3.63) is 66.0 Å². The van der Waals surface area contributed by atoms with Crippen LogP contribution >= 0.6 is 0 Å². The summed E-state index contributed by atoms with van der Waals surface area (Å²) in [7, 11) is 4.66. The van der Waals surface area contributed by atoms with E-state index in [0.29, 0.717) is 34.3 Å². The quantitative estimate of drug-likeness (QED) is 0.619. The maximum absolute atomic E-state index is 12.5. The zero-order valence-electron chi connectivity index (χ0n) is 16.8. The van der Waals surface area contributed by atoms with Crippen LogP contribution in [0.4, 0.5) is 17.1 Å². The minimum Gasteiger partial charge on any atom is -0.493 e. The third kappa shape index (κ3) is 4.76. The van der Waals surface area contributed by atoms with Gasteiger partial charge in [-0.05, 0) is 31.2 Å². The van der Waals surface area contributed by atoms with E-state index in [1.165, 1.54) is 0 Å². The first-order valence-electron chi connectivity index (χ1n) is 8.95. The van der Waals surface area contributed by atoms with Crippen molar-refractivity contribution >= 4 is 23.0 Å². The molecule has 150 valence electrons. The monoisotopic (exact) mass is 393 g/mol. The normalized spacial score (nSPS) is 10.2. The van der Waals surface area contributed by atoms with Crippen LogP contribution in [0.25, 0.3) is 0 Å².